The topological polar surface area (TPSA) is 25.2 Å². The Hall–Kier alpha value is -4.04. The van der Waals surface area contributed by atoms with Crippen LogP contribution in [0.25, 0.3) is 22.2 Å². The molecule has 0 N–H and O–H groups in total. The Morgan fingerprint density at radius 2 is 1.19 bits per heavy atom. The van der Waals surface area contributed by atoms with Gasteiger partial charge in [0.2, 0.25) is 0 Å². The third kappa shape index (κ3) is 4.29. The van der Waals surface area contributed by atoms with Gasteiger partial charge in [-0.05, 0) is 28.8 Å². The van der Waals surface area contributed by atoms with Crippen molar-refractivity contribution in [3.8, 4) is 11.3 Å². The van der Waals surface area contributed by atoms with Gasteiger partial charge in [0.1, 0.15) is 0 Å². The molecule has 0 spiro atoms. The van der Waals surface area contributed by atoms with Gasteiger partial charge in [-0.15, -0.1) is 0 Å². The van der Waals surface area contributed by atoms with Gasteiger partial charge in [-0.1, -0.05) is 109 Å². The van der Waals surface area contributed by atoms with Gasteiger partial charge in [0.05, 0.1) is 17.3 Å². The first-order valence-electron chi connectivity index (χ1n) is 10.5. The van der Waals surface area contributed by atoms with E-state index in [-0.39, 0.29) is 6.04 Å². The van der Waals surface area contributed by atoms with E-state index in [2.05, 4.69) is 91.0 Å². The molecule has 0 fully saturated rings. The molecule has 0 amide bonds. The van der Waals surface area contributed by atoms with Crippen molar-refractivity contribution in [2.75, 3.05) is 0 Å². The highest BCUT2D eigenvalue weighted by Crippen LogP contribution is 2.26. The number of benzene rings is 4. The predicted molar refractivity (Wildman–Crippen MR) is 130 cm³/mol. The second-order valence-corrected chi connectivity index (χ2v) is 7.52. The normalized spacial score (nSPS) is 11.4. The van der Waals surface area contributed by atoms with Gasteiger partial charge in [-0.25, -0.2) is 4.98 Å². The minimum Gasteiger partial charge on any atom is -0.280 e. The molecule has 0 bridgehead atoms. The summed E-state index contributed by atoms with van der Waals surface area (Å²) in [4.78, 5) is 9.86. The number of fused-ring (bicyclic) bond motifs is 1. The minimum absolute atomic E-state index is 0.0401. The van der Waals surface area contributed by atoms with E-state index < -0.39 is 0 Å². The summed E-state index contributed by atoms with van der Waals surface area (Å²) in [5.41, 5.74) is 6.47. The first-order chi connectivity index (χ1) is 15.4. The molecule has 2 heteroatoms. The summed E-state index contributed by atoms with van der Waals surface area (Å²) < 4.78 is 0. The number of aliphatic imine (C=N–C) groups is 1. The van der Waals surface area contributed by atoms with Crippen LogP contribution in [0.4, 0.5) is 0 Å². The third-order valence-corrected chi connectivity index (χ3v) is 5.39. The Morgan fingerprint density at radius 3 is 1.84 bits per heavy atom. The first kappa shape index (κ1) is 19.0. The Kier molecular flexibility index (Phi) is 5.36. The quantitative estimate of drug-likeness (QED) is 0.290. The minimum atomic E-state index is -0.0401. The largest absolute Gasteiger partial charge is 0.280 e. The standard InChI is InChI=1S/C29H22N2/c1-4-10-23(11-5-1)27-19-18-24-17-16-22(20-28(24)31-27)21-30-29(25-12-6-2-7-13-25)26-14-8-3-9-15-26/h1-21,29H. The van der Waals surface area contributed by atoms with Crippen LogP contribution in [0, 0.1) is 0 Å². The molecule has 0 saturated carbocycles. The molecule has 1 aromatic heterocycles. The lowest BCUT2D eigenvalue weighted by molar-refractivity contribution is 0.878. The zero-order valence-electron chi connectivity index (χ0n) is 17.1. The van der Waals surface area contributed by atoms with Crippen LogP contribution in [-0.2, 0) is 0 Å². The lowest BCUT2D eigenvalue weighted by Crippen LogP contribution is -1.99. The molecular weight excluding hydrogens is 376 g/mol. The molecule has 0 radical (unpaired) electrons. The Labute approximate surface area is 182 Å². The van der Waals surface area contributed by atoms with Gasteiger partial charge >= 0.3 is 0 Å². The van der Waals surface area contributed by atoms with Crippen LogP contribution in [0.2, 0.25) is 0 Å². The van der Waals surface area contributed by atoms with E-state index in [4.69, 9.17) is 9.98 Å². The highest BCUT2D eigenvalue weighted by molar-refractivity contribution is 5.89. The number of nitrogens with zero attached hydrogens (tertiary/aromatic N) is 2. The Bertz CT molecular complexity index is 1270. The van der Waals surface area contributed by atoms with E-state index >= 15 is 0 Å². The van der Waals surface area contributed by atoms with Gasteiger partial charge < -0.3 is 0 Å². The number of hydrogen-bond acceptors (Lipinski definition) is 2. The van der Waals surface area contributed by atoms with E-state index in [1.165, 1.54) is 11.1 Å². The van der Waals surface area contributed by atoms with Crippen molar-refractivity contribution >= 4 is 17.1 Å². The lowest BCUT2D eigenvalue weighted by atomic mass is 9.99. The van der Waals surface area contributed by atoms with Crippen molar-refractivity contribution in [1.29, 1.82) is 0 Å². The summed E-state index contributed by atoms with van der Waals surface area (Å²) in [6, 6.07) is 41.6. The Balaban J connectivity index is 1.50. The summed E-state index contributed by atoms with van der Waals surface area (Å²) in [6.45, 7) is 0. The number of hydrogen-bond donors (Lipinski definition) is 0. The fourth-order valence-corrected chi connectivity index (χ4v) is 3.78. The molecule has 2 nitrogen and oxygen atoms in total. The van der Waals surface area contributed by atoms with Crippen molar-refractivity contribution < 1.29 is 0 Å². The smallest absolute Gasteiger partial charge is 0.0999 e. The van der Waals surface area contributed by atoms with E-state index in [9.17, 15) is 0 Å². The molecule has 5 rings (SSSR count). The second-order valence-electron chi connectivity index (χ2n) is 7.52. The molecule has 0 aliphatic rings. The van der Waals surface area contributed by atoms with Crippen LogP contribution in [0.3, 0.4) is 0 Å². The summed E-state index contributed by atoms with van der Waals surface area (Å²) in [6.07, 6.45) is 1.96. The maximum absolute atomic E-state index is 4.97. The second kappa shape index (κ2) is 8.76. The molecule has 31 heavy (non-hydrogen) atoms. The van der Waals surface area contributed by atoms with E-state index in [0.29, 0.717) is 0 Å². The predicted octanol–water partition coefficient (Wildman–Crippen LogP) is 7.11. The van der Waals surface area contributed by atoms with E-state index in [1.54, 1.807) is 0 Å². The van der Waals surface area contributed by atoms with Gasteiger partial charge in [0.15, 0.2) is 0 Å². The molecule has 0 saturated heterocycles. The maximum atomic E-state index is 4.97. The number of aromatic nitrogens is 1. The van der Waals surface area contributed by atoms with Gasteiger partial charge in [0.25, 0.3) is 0 Å². The monoisotopic (exact) mass is 398 g/mol. The molecule has 0 aliphatic carbocycles. The molecular formula is C29H22N2. The van der Waals surface area contributed by atoms with Crippen LogP contribution in [-0.4, -0.2) is 11.2 Å². The molecule has 4 aromatic carbocycles. The molecule has 148 valence electrons. The fourth-order valence-electron chi connectivity index (χ4n) is 3.78. The van der Waals surface area contributed by atoms with Crippen molar-refractivity contribution in [3.05, 3.63) is 138 Å². The van der Waals surface area contributed by atoms with Gasteiger partial charge in [0, 0.05) is 17.2 Å². The van der Waals surface area contributed by atoms with E-state index in [1.807, 2.05) is 36.5 Å². The molecule has 0 unspecified atom stereocenters. The molecule has 0 atom stereocenters. The SMILES string of the molecule is C(=NC(c1ccccc1)c1ccccc1)c1ccc2ccc(-c3ccccc3)nc2c1. The summed E-state index contributed by atoms with van der Waals surface area (Å²) >= 11 is 0. The zero-order valence-corrected chi connectivity index (χ0v) is 17.1. The highest BCUT2D eigenvalue weighted by Gasteiger charge is 2.11. The third-order valence-electron chi connectivity index (χ3n) is 5.39. The number of pyridine rings is 1. The first-order valence-corrected chi connectivity index (χ1v) is 10.5. The molecule has 1 heterocycles. The fraction of sp³-hybridized carbons (Fsp3) is 0.0345. The average Bonchev–Trinajstić information content (AvgIpc) is 2.85. The number of rotatable bonds is 5. The van der Waals surface area contributed by atoms with Crippen LogP contribution in [0.5, 0.6) is 0 Å². The summed E-state index contributed by atoms with van der Waals surface area (Å²) in [5.74, 6) is 0. The average molecular weight is 399 g/mol. The van der Waals surface area contributed by atoms with Crippen molar-refractivity contribution in [3.63, 3.8) is 0 Å². The maximum Gasteiger partial charge on any atom is 0.0999 e. The van der Waals surface area contributed by atoms with Crippen LogP contribution < -0.4 is 0 Å². The summed E-state index contributed by atoms with van der Waals surface area (Å²) in [5, 5.41) is 1.12. The zero-order chi connectivity index (χ0) is 20.9. The molecule has 0 aliphatic heterocycles. The van der Waals surface area contributed by atoms with Crippen molar-refractivity contribution in [2.24, 2.45) is 4.99 Å². The Morgan fingerprint density at radius 1 is 0.613 bits per heavy atom. The van der Waals surface area contributed by atoms with Crippen LogP contribution >= 0.6 is 0 Å². The van der Waals surface area contributed by atoms with Crippen LogP contribution in [0.15, 0.2) is 126 Å². The van der Waals surface area contributed by atoms with Crippen LogP contribution in [0.1, 0.15) is 22.7 Å². The highest BCUT2D eigenvalue weighted by atomic mass is 14.8. The van der Waals surface area contributed by atoms with Crippen molar-refractivity contribution in [1.82, 2.24) is 4.98 Å². The molecule has 5 aromatic rings. The lowest BCUT2D eigenvalue weighted by Gasteiger charge is -2.13. The van der Waals surface area contributed by atoms with Gasteiger partial charge in [-0.2, -0.15) is 0 Å². The van der Waals surface area contributed by atoms with Gasteiger partial charge in [-0.3, -0.25) is 4.99 Å². The van der Waals surface area contributed by atoms with E-state index in [0.717, 1.165) is 27.7 Å². The summed E-state index contributed by atoms with van der Waals surface area (Å²) in [7, 11) is 0. The van der Waals surface area contributed by atoms with Crippen molar-refractivity contribution in [2.45, 2.75) is 6.04 Å².